The maximum atomic E-state index is 13.1. The highest BCUT2D eigenvalue weighted by Crippen LogP contribution is 2.25. The van der Waals surface area contributed by atoms with Gasteiger partial charge in [0.1, 0.15) is 5.82 Å². The molecule has 2 aromatic carbocycles. The van der Waals surface area contributed by atoms with Crippen LogP contribution in [0, 0.1) is 13.8 Å². The number of carbonyl (C=O) groups is 2. The number of piperidine rings is 1. The van der Waals surface area contributed by atoms with E-state index in [0.717, 1.165) is 61.7 Å². The minimum Gasteiger partial charge on any atom is -0.372 e. The summed E-state index contributed by atoms with van der Waals surface area (Å²) in [5, 5.41) is 6.00. The summed E-state index contributed by atoms with van der Waals surface area (Å²) in [5.41, 5.74) is 5.43. The minimum atomic E-state index is -0.204. The zero-order chi connectivity index (χ0) is 26.4. The second kappa shape index (κ2) is 11.9. The monoisotopic (exact) mass is 499 g/mol. The van der Waals surface area contributed by atoms with Gasteiger partial charge in [-0.25, -0.2) is 4.98 Å². The topological polar surface area (TPSA) is 77.6 Å². The second-order valence-electron chi connectivity index (χ2n) is 9.56. The van der Waals surface area contributed by atoms with Crippen LogP contribution in [0.1, 0.15) is 65.0 Å². The number of benzene rings is 2. The molecule has 0 atom stereocenters. The van der Waals surface area contributed by atoms with Crippen molar-refractivity contribution >= 4 is 34.7 Å². The first-order chi connectivity index (χ1) is 17.9. The molecule has 3 aromatic rings. The van der Waals surface area contributed by atoms with E-state index in [9.17, 15) is 9.59 Å². The Bertz CT molecular complexity index is 1260. The number of aryl methyl sites for hydroxylation is 2. The number of aromatic nitrogens is 1. The fourth-order valence-electron chi connectivity index (χ4n) is 4.77. The van der Waals surface area contributed by atoms with Gasteiger partial charge in [0.15, 0.2) is 0 Å². The Morgan fingerprint density at radius 3 is 2.32 bits per heavy atom. The number of hydrogen-bond acceptors (Lipinski definition) is 5. The number of carbonyl (C=O) groups excluding carboxylic acids is 2. The van der Waals surface area contributed by atoms with Crippen molar-refractivity contribution in [1.29, 1.82) is 0 Å². The van der Waals surface area contributed by atoms with Crippen molar-refractivity contribution in [2.24, 2.45) is 0 Å². The predicted octanol–water partition coefficient (Wildman–Crippen LogP) is 6.04. The SMILES string of the molecule is CCN(CC)c1ccc(C(=O)Nc2cc(NC(=O)c3ccnc(N4CCCCC4)c3)ccc2C)c(C)c1. The summed E-state index contributed by atoms with van der Waals surface area (Å²) in [6, 6.07) is 15.0. The third-order valence-electron chi connectivity index (χ3n) is 7.01. The van der Waals surface area contributed by atoms with Gasteiger partial charge in [0.25, 0.3) is 11.8 Å². The van der Waals surface area contributed by atoms with Crippen LogP contribution in [-0.4, -0.2) is 43.0 Å². The van der Waals surface area contributed by atoms with Gasteiger partial charge in [0, 0.05) is 60.6 Å². The van der Waals surface area contributed by atoms with Crippen molar-refractivity contribution < 1.29 is 9.59 Å². The predicted molar refractivity (Wildman–Crippen MR) is 152 cm³/mol. The maximum absolute atomic E-state index is 13.1. The maximum Gasteiger partial charge on any atom is 0.255 e. The third kappa shape index (κ3) is 6.28. The lowest BCUT2D eigenvalue weighted by Gasteiger charge is -2.27. The standard InChI is InChI=1S/C30H37N5O2/c1-5-34(6-2)25-12-13-26(22(4)18-25)30(37)33-27-20-24(11-10-21(27)3)32-29(36)23-14-15-31-28(19-23)35-16-8-7-9-17-35/h10-15,18-20H,5-9,16-17H2,1-4H3,(H,32,36)(H,33,37). The highest BCUT2D eigenvalue weighted by atomic mass is 16.2. The lowest BCUT2D eigenvalue weighted by Crippen LogP contribution is -2.30. The van der Waals surface area contributed by atoms with Gasteiger partial charge in [-0.05, 0) is 101 Å². The molecule has 4 rings (SSSR count). The van der Waals surface area contributed by atoms with Gasteiger partial charge in [-0.2, -0.15) is 0 Å². The molecule has 0 bridgehead atoms. The van der Waals surface area contributed by atoms with Gasteiger partial charge in [-0.1, -0.05) is 6.07 Å². The van der Waals surface area contributed by atoms with E-state index in [2.05, 4.69) is 45.3 Å². The first-order valence-corrected chi connectivity index (χ1v) is 13.2. The van der Waals surface area contributed by atoms with Crippen molar-refractivity contribution in [3.8, 4) is 0 Å². The number of nitrogens with one attached hydrogen (secondary N) is 2. The van der Waals surface area contributed by atoms with Crippen LogP contribution < -0.4 is 20.4 Å². The molecule has 0 spiro atoms. The zero-order valence-corrected chi connectivity index (χ0v) is 22.3. The van der Waals surface area contributed by atoms with Crippen LogP contribution in [0.15, 0.2) is 54.7 Å². The summed E-state index contributed by atoms with van der Waals surface area (Å²) in [4.78, 5) is 35.1. The number of anilines is 4. The number of pyridine rings is 1. The van der Waals surface area contributed by atoms with Crippen LogP contribution in [0.5, 0.6) is 0 Å². The van der Waals surface area contributed by atoms with Crippen molar-refractivity contribution in [2.75, 3.05) is 46.6 Å². The van der Waals surface area contributed by atoms with Crippen molar-refractivity contribution in [3.63, 3.8) is 0 Å². The molecule has 1 aliphatic rings. The number of amides is 2. The van der Waals surface area contributed by atoms with Gasteiger partial charge < -0.3 is 20.4 Å². The average Bonchev–Trinajstić information content (AvgIpc) is 2.92. The van der Waals surface area contributed by atoms with Crippen molar-refractivity contribution in [2.45, 2.75) is 47.0 Å². The molecule has 2 amide bonds. The molecule has 1 saturated heterocycles. The van der Waals surface area contributed by atoms with Crippen LogP contribution in [0.3, 0.4) is 0 Å². The van der Waals surface area contributed by atoms with Crippen molar-refractivity contribution in [3.05, 3.63) is 77.0 Å². The first kappa shape index (κ1) is 26.2. The molecule has 7 nitrogen and oxygen atoms in total. The molecule has 37 heavy (non-hydrogen) atoms. The smallest absolute Gasteiger partial charge is 0.255 e. The first-order valence-electron chi connectivity index (χ1n) is 13.2. The Hall–Kier alpha value is -3.87. The molecular weight excluding hydrogens is 462 g/mol. The van der Waals surface area contributed by atoms with E-state index in [0.29, 0.717) is 22.5 Å². The highest BCUT2D eigenvalue weighted by molar-refractivity contribution is 6.07. The largest absolute Gasteiger partial charge is 0.372 e. The van der Waals surface area contributed by atoms with Crippen LogP contribution in [0.4, 0.5) is 22.9 Å². The van der Waals surface area contributed by atoms with Gasteiger partial charge >= 0.3 is 0 Å². The number of nitrogens with zero attached hydrogens (tertiary/aromatic N) is 3. The summed E-state index contributed by atoms with van der Waals surface area (Å²) < 4.78 is 0. The van der Waals surface area contributed by atoms with E-state index < -0.39 is 0 Å². The van der Waals surface area contributed by atoms with E-state index in [1.165, 1.54) is 6.42 Å². The van der Waals surface area contributed by atoms with E-state index >= 15 is 0 Å². The lowest BCUT2D eigenvalue weighted by molar-refractivity contribution is 0.101. The van der Waals surface area contributed by atoms with Crippen LogP contribution in [-0.2, 0) is 0 Å². The third-order valence-corrected chi connectivity index (χ3v) is 7.01. The highest BCUT2D eigenvalue weighted by Gasteiger charge is 2.16. The van der Waals surface area contributed by atoms with E-state index in [1.807, 2.05) is 44.2 Å². The Morgan fingerprint density at radius 1 is 0.865 bits per heavy atom. The molecule has 2 N–H and O–H groups in total. The average molecular weight is 500 g/mol. The van der Waals surface area contributed by atoms with Crippen molar-refractivity contribution in [1.82, 2.24) is 4.98 Å². The van der Waals surface area contributed by atoms with Gasteiger partial charge in [0.2, 0.25) is 0 Å². The van der Waals surface area contributed by atoms with Crippen LogP contribution in [0.2, 0.25) is 0 Å². The lowest BCUT2D eigenvalue weighted by atomic mass is 10.1. The second-order valence-corrected chi connectivity index (χ2v) is 9.56. The summed E-state index contributed by atoms with van der Waals surface area (Å²) in [5.74, 6) is 0.465. The van der Waals surface area contributed by atoms with Gasteiger partial charge in [0.05, 0.1) is 0 Å². The number of rotatable bonds is 8. The van der Waals surface area contributed by atoms with Crippen LogP contribution in [0.25, 0.3) is 0 Å². The molecule has 1 aliphatic heterocycles. The van der Waals surface area contributed by atoms with E-state index in [4.69, 9.17) is 0 Å². The summed E-state index contributed by atoms with van der Waals surface area (Å²) in [6.07, 6.45) is 5.22. The van der Waals surface area contributed by atoms with Gasteiger partial charge in [-0.3, -0.25) is 9.59 Å². The molecule has 1 fully saturated rings. The Morgan fingerprint density at radius 2 is 1.62 bits per heavy atom. The molecule has 2 heterocycles. The molecular formula is C30H37N5O2. The molecule has 0 aliphatic carbocycles. The Kier molecular flexibility index (Phi) is 8.43. The fraction of sp³-hybridized carbons (Fsp3) is 0.367. The molecule has 194 valence electrons. The molecule has 1 aromatic heterocycles. The molecule has 0 radical (unpaired) electrons. The summed E-state index contributed by atoms with van der Waals surface area (Å²) in [7, 11) is 0. The fourth-order valence-corrected chi connectivity index (χ4v) is 4.77. The van der Waals surface area contributed by atoms with Gasteiger partial charge in [-0.15, -0.1) is 0 Å². The zero-order valence-electron chi connectivity index (χ0n) is 22.3. The minimum absolute atomic E-state index is 0.171. The molecule has 0 unspecified atom stereocenters. The Labute approximate surface area is 219 Å². The molecule has 0 saturated carbocycles. The van der Waals surface area contributed by atoms with E-state index in [-0.39, 0.29) is 11.8 Å². The normalized spacial score (nSPS) is 13.2. The Balaban J connectivity index is 1.47. The number of hydrogen-bond donors (Lipinski definition) is 2. The summed E-state index contributed by atoms with van der Waals surface area (Å²) in [6.45, 7) is 11.9. The van der Waals surface area contributed by atoms with E-state index in [1.54, 1.807) is 18.3 Å². The quantitative estimate of drug-likeness (QED) is 0.395. The summed E-state index contributed by atoms with van der Waals surface area (Å²) >= 11 is 0. The van der Waals surface area contributed by atoms with Crippen LogP contribution >= 0.6 is 0 Å². The molecule has 7 heteroatoms.